The molecule has 3 amide bonds. The summed E-state index contributed by atoms with van der Waals surface area (Å²) in [6.07, 6.45) is 0. The minimum atomic E-state index is -0.365. The minimum Gasteiger partial charge on any atom is -0.396 e. The van der Waals surface area contributed by atoms with E-state index < -0.39 is 0 Å². The number of aliphatic hydroxyl groups excluding tert-OH is 1. The number of methoxy groups -OCH3 is 1. The van der Waals surface area contributed by atoms with Gasteiger partial charge in [0.25, 0.3) is 0 Å². The van der Waals surface area contributed by atoms with Gasteiger partial charge < -0.3 is 25.8 Å². The van der Waals surface area contributed by atoms with Gasteiger partial charge in [-0.1, -0.05) is 30.3 Å². The summed E-state index contributed by atoms with van der Waals surface area (Å²) in [6.45, 7) is 0.244. The molecule has 1 unspecified atom stereocenters. The highest BCUT2D eigenvalue weighted by molar-refractivity contribution is 5.93. The molecule has 0 bridgehead atoms. The molecule has 138 valence electrons. The lowest BCUT2D eigenvalue weighted by molar-refractivity contribution is -0.119. The molecular formula is C19H23N3O4. The molecule has 0 aromatic heterocycles. The van der Waals surface area contributed by atoms with Crippen LogP contribution >= 0.6 is 0 Å². The van der Waals surface area contributed by atoms with Crippen molar-refractivity contribution in [2.24, 2.45) is 0 Å². The van der Waals surface area contributed by atoms with Crippen LogP contribution in [0.1, 0.15) is 11.5 Å². The third-order valence-electron chi connectivity index (χ3n) is 3.70. The van der Waals surface area contributed by atoms with Crippen LogP contribution in [0.25, 0.3) is 0 Å². The maximum atomic E-state index is 12.0. The predicted molar refractivity (Wildman–Crippen MR) is 100 cm³/mol. The molecule has 7 heteroatoms. The number of ether oxygens (including phenoxy) is 1. The first kappa shape index (κ1) is 19.4. The molecule has 0 aliphatic heterocycles. The standard InChI is InChI=1S/C19H23N3O4/c1-26-13-18(24)21-16-7-9-17(10-8-16)22-19(25)20-11-15(12-23)14-5-3-2-4-6-14/h2-10,15,23H,11-13H2,1H3,(H,21,24)(H2,20,22,25). The van der Waals surface area contributed by atoms with Gasteiger partial charge >= 0.3 is 6.03 Å². The van der Waals surface area contributed by atoms with E-state index in [0.717, 1.165) is 5.56 Å². The van der Waals surface area contributed by atoms with E-state index in [1.54, 1.807) is 24.3 Å². The van der Waals surface area contributed by atoms with E-state index >= 15 is 0 Å². The fourth-order valence-electron chi connectivity index (χ4n) is 2.37. The SMILES string of the molecule is COCC(=O)Nc1ccc(NC(=O)NCC(CO)c2ccccc2)cc1. The van der Waals surface area contributed by atoms with Crippen molar-refractivity contribution >= 4 is 23.3 Å². The Balaban J connectivity index is 1.82. The Bertz CT molecular complexity index is 704. The summed E-state index contributed by atoms with van der Waals surface area (Å²) >= 11 is 0. The normalized spacial score (nSPS) is 11.5. The van der Waals surface area contributed by atoms with Crippen LogP contribution in [-0.4, -0.2) is 43.9 Å². The van der Waals surface area contributed by atoms with Gasteiger partial charge in [0.15, 0.2) is 0 Å². The molecule has 0 radical (unpaired) electrons. The maximum Gasteiger partial charge on any atom is 0.319 e. The second-order valence-corrected chi connectivity index (χ2v) is 5.68. The Kier molecular flexibility index (Phi) is 7.60. The van der Waals surface area contributed by atoms with Crippen LogP contribution in [0.15, 0.2) is 54.6 Å². The summed E-state index contributed by atoms with van der Waals surface area (Å²) in [5.74, 6) is -0.415. The molecule has 2 aromatic carbocycles. The minimum absolute atomic E-state index is 0.0180. The monoisotopic (exact) mass is 357 g/mol. The van der Waals surface area contributed by atoms with E-state index in [2.05, 4.69) is 16.0 Å². The average molecular weight is 357 g/mol. The summed E-state index contributed by atoms with van der Waals surface area (Å²) in [6, 6.07) is 15.9. The Labute approximate surface area is 152 Å². The molecule has 0 heterocycles. The largest absolute Gasteiger partial charge is 0.396 e. The number of carbonyl (C=O) groups excluding carboxylic acids is 2. The predicted octanol–water partition coefficient (Wildman–Crippen LogP) is 2.17. The molecule has 0 saturated heterocycles. The van der Waals surface area contributed by atoms with Crippen molar-refractivity contribution in [3.63, 3.8) is 0 Å². The molecule has 2 rings (SSSR count). The van der Waals surface area contributed by atoms with Crippen LogP contribution in [0.2, 0.25) is 0 Å². The van der Waals surface area contributed by atoms with Crippen molar-refractivity contribution < 1.29 is 19.4 Å². The molecule has 0 fully saturated rings. The maximum absolute atomic E-state index is 12.0. The van der Waals surface area contributed by atoms with Gasteiger partial charge in [-0.2, -0.15) is 0 Å². The van der Waals surface area contributed by atoms with Crippen molar-refractivity contribution in [2.75, 3.05) is 37.5 Å². The quantitative estimate of drug-likeness (QED) is 0.582. The summed E-state index contributed by atoms with van der Waals surface area (Å²) in [5, 5.41) is 17.6. The smallest absolute Gasteiger partial charge is 0.319 e. The van der Waals surface area contributed by atoms with Gasteiger partial charge in [-0.15, -0.1) is 0 Å². The van der Waals surface area contributed by atoms with Crippen LogP contribution in [0.3, 0.4) is 0 Å². The van der Waals surface area contributed by atoms with Gasteiger partial charge in [0.1, 0.15) is 6.61 Å². The fraction of sp³-hybridized carbons (Fsp3) is 0.263. The first-order valence-electron chi connectivity index (χ1n) is 8.22. The van der Waals surface area contributed by atoms with Crippen molar-refractivity contribution in [1.29, 1.82) is 0 Å². The number of nitrogens with one attached hydrogen (secondary N) is 3. The van der Waals surface area contributed by atoms with E-state index in [-0.39, 0.29) is 31.1 Å². The number of hydrogen-bond acceptors (Lipinski definition) is 4. The molecule has 4 N–H and O–H groups in total. The number of hydrogen-bond donors (Lipinski definition) is 4. The summed E-state index contributed by atoms with van der Waals surface area (Å²) in [5.41, 5.74) is 2.17. The van der Waals surface area contributed by atoms with Crippen LogP contribution in [0.4, 0.5) is 16.2 Å². The van der Waals surface area contributed by atoms with Crippen molar-refractivity contribution in [1.82, 2.24) is 5.32 Å². The summed E-state index contributed by atoms with van der Waals surface area (Å²) in [7, 11) is 1.45. The zero-order chi connectivity index (χ0) is 18.8. The molecule has 1 atom stereocenters. The lowest BCUT2D eigenvalue weighted by atomic mass is 10.0. The third kappa shape index (κ3) is 6.19. The average Bonchev–Trinajstić information content (AvgIpc) is 2.65. The first-order valence-corrected chi connectivity index (χ1v) is 8.22. The number of amides is 3. The van der Waals surface area contributed by atoms with Crippen LogP contribution < -0.4 is 16.0 Å². The van der Waals surface area contributed by atoms with Gasteiger partial charge in [-0.25, -0.2) is 4.79 Å². The fourth-order valence-corrected chi connectivity index (χ4v) is 2.37. The van der Waals surface area contributed by atoms with E-state index in [9.17, 15) is 14.7 Å². The molecular weight excluding hydrogens is 334 g/mol. The Morgan fingerprint density at radius 2 is 1.62 bits per heavy atom. The highest BCUT2D eigenvalue weighted by Crippen LogP contribution is 2.15. The summed E-state index contributed by atoms with van der Waals surface area (Å²) in [4.78, 5) is 23.5. The second-order valence-electron chi connectivity index (χ2n) is 5.68. The van der Waals surface area contributed by atoms with Gasteiger partial charge in [0.2, 0.25) is 5.91 Å². The number of anilines is 2. The van der Waals surface area contributed by atoms with Gasteiger partial charge in [-0.05, 0) is 29.8 Å². The number of aliphatic hydroxyl groups is 1. The Hall–Kier alpha value is -2.90. The Morgan fingerprint density at radius 1 is 1.00 bits per heavy atom. The van der Waals surface area contributed by atoms with E-state index in [4.69, 9.17) is 4.74 Å². The topological polar surface area (TPSA) is 99.7 Å². The lowest BCUT2D eigenvalue weighted by Crippen LogP contribution is -2.33. The second kappa shape index (κ2) is 10.2. The van der Waals surface area contributed by atoms with E-state index in [1.165, 1.54) is 7.11 Å². The zero-order valence-electron chi connectivity index (χ0n) is 14.6. The van der Waals surface area contributed by atoms with Gasteiger partial charge in [0.05, 0.1) is 6.61 Å². The van der Waals surface area contributed by atoms with Gasteiger partial charge in [-0.3, -0.25) is 4.79 Å². The molecule has 0 spiro atoms. The number of benzene rings is 2. The molecule has 0 aliphatic rings. The van der Waals surface area contributed by atoms with Crippen molar-refractivity contribution in [2.45, 2.75) is 5.92 Å². The molecule has 2 aromatic rings. The summed E-state index contributed by atoms with van der Waals surface area (Å²) < 4.78 is 4.74. The lowest BCUT2D eigenvalue weighted by Gasteiger charge is -2.16. The molecule has 0 aliphatic carbocycles. The third-order valence-corrected chi connectivity index (χ3v) is 3.70. The van der Waals surface area contributed by atoms with Crippen molar-refractivity contribution in [3.8, 4) is 0 Å². The van der Waals surface area contributed by atoms with Crippen LogP contribution in [-0.2, 0) is 9.53 Å². The van der Waals surface area contributed by atoms with Gasteiger partial charge in [0, 0.05) is 30.9 Å². The number of urea groups is 1. The highest BCUT2D eigenvalue weighted by Gasteiger charge is 2.11. The molecule has 0 saturated carbocycles. The number of rotatable bonds is 8. The van der Waals surface area contributed by atoms with Crippen molar-refractivity contribution in [3.05, 3.63) is 60.2 Å². The Morgan fingerprint density at radius 3 is 2.19 bits per heavy atom. The highest BCUT2D eigenvalue weighted by atomic mass is 16.5. The zero-order valence-corrected chi connectivity index (χ0v) is 14.6. The molecule has 7 nitrogen and oxygen atoms in total. The van der Waals surface area contributed by atoms with Crippen LogP contribution in [0, 0.1) is 0 Å². The first-order chi connectivity index (χ1) is 12.6. The van der Waals surface area contributed by atoms with E-state index in [1.807, 2.05) is 30.3 Å². The molecule has 26 heavy (non-hydrogen) atoms. The van der Waals surface area contributed by atoms with E-state index in [0.29, 0.717) is 17.9 Å². The van der Waals surface area contributed by atoms with Crippen LogP contribution in [0.5, 0.6) is 0 Å². The number of carbonyl (C=O) groups is 2.